The van der Waals surface area contributed by atoms with Crippen LogP contribution in [-0.2, 0) is 16.5 Å². The third-order valence-corrected chi connectivity index (χ3v) is 5.11. The van der Waals surface area contributed by atoms with Crippen molar-refractivity contribution in [3.63, 3.8) is 0 Å². The van der Waals surface area contributed by atoms with E-state index in [0.717, 1.165) is 31.0 Å². The van der Waals surface area contributed by atoms with E-state index in [0.29, 0.717) is 6.61 Å². The molecule has 2 aromatic rings. The molecular weight excluding hydrogens is 366 g/mol. The predicted molar refractivity (Wildman–Crippen MR) is 119 cm³/mol. The number of methoxy groups -OCH3 is 1. The number of hydroxylamine groups is 2. The molecule has 28 heavy (non-hydrogen) atoms. The summed E-state index contributed by atoms with van der Waals surface area (Å²) in [6.07, 6.45) is 0.909. The standard InChI is InChI=1S/C23H35NO3Si/c1-23(2,3)20-10-7-9-19(17-20)18-24(27-28(5)6)15-8-16-26-22-13-11-21(25-4)12-14-22/h7,9-14,17,28H,8,15-16,18H2,1-6H3. The molecule has 0 radical (unpaired) electrons. The van der Waals surface area contributed by atoms with Gasteiger partial charge >= 0.3 is 0 Å². The molecule has 0 unspecified atom stereocenters. The van der Waals surface area contributed by atoms with Crippen molar-refractivity contribution in [3.8, 4) is 11.5 Å². The zero-order chi connectivity index (χ0) is 20.6. The van der Waals surface area contributed by atoms with Crippen LogP contribution in [0.1, 0.15) is 38.3 Å². The molecule has 0 heterocycles. The van der Waals surface area contributed by atoms with E-state index in [4.69, 9.17) is 14.0 Å². The molecule has 2 rings (SSSR count). The Hall–Kier alpha value is -1.82. The number of nitrogens with zero attached hydrogens (tertiary/aromatic N) is 1. The Bertz CT molecular complexity index is 711. The summed E-state index contributed by atoms with van der Waals surface area (Å²) >= 11 is 0. The van der Waals surface area contributed by atoms with E-state index in [2.05, 4.69) is 63.2 Å². The quantitative estimate of drug-likeness (QED) is 0.312. The zero-order valence-corrected chi connectivity index (χ0v) is 19.4. The van der Waals surface area contributed by atoms with Gasteiger partial charge in [0.25, 0.3) is 0 Å². The van der Waals surface area contributed by atoms with Gasteiger partial charge in [0.15, 0.2) is 9.04 Å². The molecule has 0 N–H and O–H groups in total. The predicted octanol–water partition coefficient (Wildman–Crippen LogP) is 5.18. The lowest BCUT2D eigenvalue weighted by molar-refractivity contribution is -0.0728. The molecule has 154 valence electrons. The van der Waals surface area contributed by atoms with Gasteiger partial charge in [-0.1, -0.05) is 45.0 Å². The van der Waals surface area contributed by atoms with Gasteiger partial charge in [0.05, 0.1) is 13.7 Å². The van der Waals surface area contributed by atoms with Crippen LogP contribution in [0.4, 0.5) is 0 Å². The fourth-order valence-electron chi connectivity index (χ4n) is 2.91. The van der Waals surface area contributed by atoms with Crippen molar-refractivity contribution >= 4 is 9.04 Å². The highest BCUT2D eigenvalue weighted by Crippen LogP contribution is 2.23. The molecule has 0 spiro atoms. The van der Waals surface area contributed by atoms with Crippen molar-refractivity contribution in [3.05, 3.63) is 59.7 Å². The SMILES string of the molecule is COc1ccc(OCCCN(Cc2cccc(C(C)(C)C)c2)O[SiH](C)C)cc1. The van der Waals surface area contributed by atoms with Crippen LogP contribution < -0.4 is 9.47 Å². The highest BCUT2D eigenvalue weighted by molar-refractivity contribution is 6.48. The molecule has 0 saturated heterocycles. The minimum absolute atomic E-state index is 0.153. The second-order valence-corrected chi connectivity index (χ2v) is 10.7. The molecule has 0 aliphatic carbocycles. The molecule has 0 aliphatic heterocycles. The van der Waals surface area contributed by atoms with Crippen LogP contribution in [0.2, 0.25) is 13.1 Å². The van der Waals surface area contributed by atoms with Gasteiger partial charge in [-0.05, 0) is 60.3 Å². The van der Waals surface area contributed by atoms with Gasteiger partial charge in [-0.3, -0.25) is 0 Å². The first-order valence-corrected chi connectivity index (χ1v) is 12.8. The molecule has 5 heteroatoms. The topological polar surface area (TPSA) is 30.9 Å². The van der Waals surface area contributed by atoms with E-state index in [1.807, 2.05) is 24.3 Å². The minimum Gasteiger partial charge on any atom is -0.497 e. The molecule has 0 saturated carbocycles. The fourth-order valence-corrected chi connectivity index (χ4v) is 3.69. The zero-order valence-electron chi connectivity index (χ0n) is 18.2. The molecule has 0 bridgehead atoms. The maximum absolute atomic E-state index is 6.16. The summed E-state index contributed by atoms with van der Waals surface area (Å²) < 4.78 is 17.2. The van der Waals surface area contributed by atoms with Gasteiger partial charge in [-0.2, -0.15) is 5.06 Å². The van der Waals surface area contributed by atoms with Crippen LogP contribution >= 0.6 is 0 Å². The van der Waals surface area contributed by atoms with Crippen molar-refractivity contribution in [2.45, 2.75) is 52.2 Å². The average molecular weight is 402 g/mol. The first kappa shape index (κ1) is 22.5. The molecule has 2 aromatic carbocycles. The Morgan fingerprint density at radius 2 is 1.64 bits per heavy atom. The number of benzene rings is 2. The lowest BCUT2D eigenvalue weighted by Crippen LogP contribution is -2.30. The van der Waals surface area contributed by atoms with E-state index in [1.165, 1.54) is 11.1 Å². The van der Waals surface area contributed by atoms with Crippen LogP contribution in [0, 0.1) is 0 Å². The van der Waals surface area contributed by atoms with Gasteiger partial charge < -0.3 is 14.0 Å². The van der Waals surface area contributed by atoms with Crippen LogP contribution in [-0.4, -0.2) is 34.4 Å². The lowest BCUT2D eigenvalue weighted by Gasteiger charge is -2.26. The van der Waals surface area contributed by atoms with E-state index in [9.17, 15) is 0 Å². The van der Waals surface area contributed by atoms with Gasteiger partial charge in [0.1, 0.15) is 11.5 Å². The van der Waals surface area contributed by atoms with E-state index < -0.39 is 9.04 Å². The highest BCUT2D eigenvalue weighted by Gasteiger charge is 2.15. The molecule has 0 atom stereocenters. The summed E-state index contributed by atoms with van der Waals surface area (Å²) in [6, 6.07) is 16.5. The summed E-state index contributed by atoms with van der Waals surface area (Å²) in [5.41, 5.74) is 2.80. The van der Waals surface area contributed by atoms with Crippen molar-refractivity contribution in [1.82, 2.24) is 5.06 Å². The second kappa shape index (κ2) is 10.6. The largest absolute Gasteiger partial charge is 0.497 e. The molecule has 0 amide bonds. The Kier molecular flexibility index (Phi) is 8.54. The summed E-state index contributed by atoms with van der Waals surface area (Å²) in [4.78, 5) is 0. The fraction of sp³-hybridized carbons (Fsp3) is 0.478. The molecule has 0 fully saturated rings. The maximum Gasteiger partial charge on any atom is 0.199 e. The number of ether oxygens (including phenoxy) is 2. The summed E-state index contributed by atoms with van der Waals surface area (Å²) in [5, 5.41) is 2.11. The van der Waals surface area contributed by atoms with E-state index in [1.54, 1.807) is 7.11 Å². The van der Waals surface area contributed by atoms with Gasteiger partial charge in [-0.15, -0.1) is 0 Å². The number of hydrogen-bond acceptors (Lipinski definition) is 4. The summed E-state index contributed by atoms with van der Waals surface area (Å²) in [7, 11) is 0.502. The Morgan fingerprint density at radius 3 is 2.25 bits per heavy atom. The van der Waals surface area contributed by atoms with Gasteiger partial charge in [0.2, 0.25) is 0 Å². The normalized spacial score (nSPS) is 11.9. The van der Waals surface area contributed by atoms with E-state index in [-0.39, 0.29) is 5.41 Å². The van der Waals surface area contributed by atoms with Crippen LogP contribution in [0.15, 0.2) is 48.5 Å². The van der Waals surface area contributed by atoms with Crippen molar-refractivity contribution in [2.75, 3.05) is 20.3 Å². The van der Waals surface area contributed by atoms with Crippen LogP contribution in [0.3, 0.4) is 0 Å². The molecular formula is C23H35NO3Si. The second-order valence-electron chi connectivity index (χ2n) is 8.35. The minimum atomic E-state index is -1.16. The van der Waals surface area contributed by atoms with Crippen molar-refractivity contribution in [2.24, 2.45) is 0 Å². The summed E-state index contributed by atoms with van der Waals surface area (Å²) in [5.74, 6) is 1.70. The lowest BCUT2D eigenvalue weighted by atomic mass is 9.86. The smallest absolute Gasteiger partial charge is 0.199 e. The number of hydrogen-bond donors (Lipinski definition) is 0. The van der Waals surface area contributed by atoms with Crippen molar-refractivity contribution in [1.29, 1.82) is 0 Å². The Labute approximate surface area is 172 Å². The van der Waals surface area contributed by atoms with Gasteiger partial charge in [0, 0.05) is 13.1 Å². The Balaban J connectivity index is 1.88. The molecule has 0 aromatic heterocycles. The summed E-state index contributed by atoms with van der Waals surface area (Å²) in [6.45, 7) is 13.5. The maximum atomic E-state index is 6.16. The number of rotatable bonds is 10. The molecule has 0 aliphatic rings. The highest BCUT2D eigenvalue weighted by atomic mass is 28.3. The first-order valence-electron chi connectivity index (χ1n) is 10.1. The van der Waals surface area contributed by atoms with Gasteiger partial charge in [-0.25, -0.2) is 0 Å². The van der Waals surface area contributed by atoms with E-state index >= 15 is 0 Å². The first-order chi connectivity index (χ1) is 13.3. The average Bonchev–Trinajstić information content (AvgIpc) is 2.64. The molecule has 4 nitrogen and oxygen atoms in total. The van der Waals surface area contributed by atoms with Crippen LogP contribution in [0.5, 0.6) is 11.5 Å². The van der Waals surface area contributed by atoms with Crippen molar-refractivity contribution < 1.29 is 14.0 Å². The monoisotopic (exact) mass is 401 g/mol. The van der Waals surface area contributed by atoms with Crippen LogP contribution in [0.25, 0.3) is 0 Å². The Morgan fingerprint density at radius 1 is 0.964 bits per heavy atom. The third kappa shape index (κ3) is 7.66. The third-order valence-electron chi connectivity index (χ3n) is 4.39.